The lowest BCUT2D eigenvalue weighted by Gasteiger charge is -2.13. The van der Waals surface area contributed by atoms with Gasteiger partial charge in [0.2, 0.25) is 5.90 Å². The first-order valence-electron chi connectivity index (χ1n) is 4.78. The highest BCUT2D eigenvalue weighted by atomic mass is 32.1. The number of ether oxygens (including phenoxy) is 2. The molecule has 1 aromatic heterocycles. The second kappa shape index (κ2) is 5.72. The fourth-order valence-electron chi connectivity index (χ4n) is 1.14. The van der Waals surface area contributed by atoms with Crippen molar-refractivity contribution in [1.29, 1.82) is 5.41 Å². The maximum absolute atomic E-state index is 9.79. The van der Waals surface area contributed by atoms with Gasteiger partial charge in [-0.15, -0.1) is 11.3 Å². The topological polar surface area (TPSA) is 62.5 Å². The van der Waals surface area contributed by atoms with Crippen LogP contribution in [0.4, 0.5) is 0 Å². The van der Waals surface area contributed by atoms with Crippen LogP contribution in [0, 0.1) is 5.41 Å². The van der Waals surface area contributed by atoms with E-state index in [0.29, 0.717) is 24.5 Å². The van der Waals surface area contributed by atoms with E-state index in [1.165, 1.54) is 11.3 Å². The lowest BCUT2D eigenvalue weighted by Crippen LogP contribution is -2.14. The van der Waals surface area contributed by atoms with Gasteiger partial charge in [0.25, 0.3) is 0 Å². The number of aliphatic hydroxyl groups excluding tert-OH is 1. The van der Waals surface area contributed by atoms with Gasteiger partial charge in [-0.25, -0.2) is 0 Å². The van der Waals surface area contributed by atoms with E-state index in [9.17, 15) is 5.11 Å². The molecule has 0 saturated heterocycles. The second-order valence-corrected chi connectivity index (χ2v) is 3.57. The molecule has 0 fully saturated rings. The van der Waals surface area contributed by atoms with Crippen molar-refractivity contribution in [3.8, 4) is 5.75 Å². The van der Waals surface area contributed by atoms with Crippen LogP contribution in [-0.2, 0) is 4.74 Å². The molecule has 0 aromatic carbocycles. The van der Waals surface area contributed by atoms with Crippen LogP contribution in [0.5, 0.6) is 5.75 Å². The van der Waals surface area contributed by atoms with Crippen molar-refractivity contribution in [3.05, 3.63) is 16.3 Å². The minimum absolute atomic E-state index is 0.142. The molecule has 84 valence electrons. The molecule has 0 bridgehead atoms. The molecule has 0 spiro atoms. The van der Waals surface area contributed by atoms with Crippen LogP contribution in [0.2, 0.25) is 0 Å². The van der Waals surface area contributed by atoms with Gasteiger partial charge in [-0.1, -0.05) is 0 Å². The van der Waals surface area contributed by atoms with Gasteiger partial charge in [0, 0.05) is 16.3 Å². The Kier molecular flexibility index (Phi) is 4.58. The first kappa shape index (κ1) is 12.0. The maximum Gasteiger partial charge on any atom is 0.215 e. The Hall–Kier alpha value is -1.07. The molecule has 1 heterocycles. The van der Waals surface area contributed by atoms with E-state index in [4.69, 9.17) is 14.9 Å². The van der Waals surface area contributed by atoms with Crippen LogP contribution in [0.25, 0.3) is 0 Å². The highest BCUT2D eigenvalue weighted by Gasteiger charge is 2.20. The highest BCUT2D eigenvalue weighted by Crippen LogP contribution is 2.30. The molecule has 2 N–H and O–H groups in total. The summed E-state index contributed by atoms with van der Waals surface area (Å²) >= 11 is 1.43. The fraction of sp³-hybridized carbons (Fsp3) is 0.500. The highest BCUT2D eigenvalue weighted by molar-refractivity contribution is 7.08. The number of thiophene rings is 1. The van der Waals surface area contributed by atoms with E-state index in [1.807, 2.05) is 6.92 Å². The van der Waals surface area contributed by atoms with Gasteiger partial charge in [-0.2, -0.15) is 0 Å². The lowest BCUT2D eigenvalue weighted by molar-refractivity contribution is 0.186. The lowest BCUT2D eigenvalue weighted by atomic mass is 10.2. The average molecular weight is 229 g/mol. The van der Waals surface area contributed by atoms with Gasteiger partial charge in [0.1, 0.15) is 5.75 Å². The van der Waals surface area contributed by atoms with Crippen LogP contribution in [0.3, 0.4) is 0 Å². The Bertz CT molecular complexity index is 324. The molecular weight excluding hydrogens is 214 g/mol. The monoisotopic (exact) mass is 229 g/mol. The van der Waals surface area contributed by atoms with Crippen molar-refractivity contribution in [2.75, 3.05) is 13.2 Å². The molecular formula is C10H15NO3S. The summed E-state index contributed by atoms with van der Waals surface area (Å²) in [7, 11) is 0. The Morgan fingerprint density at radius 2 is 2.20 bits per heavy atom. The van der Waals surface area contributed by atoms with Crippen LogP contribution >= 0.6 is 11.3 Å². The van der Waals surface area contributed by atoms with Gasteiger partial charge in [0.15, 0.2) is 6.10 Å². The molecule has 1 aromatic rings. The van der Waals surface area contributed by atoms with Crippen LogP contribution in [-0.4, -0.2) is 24.2 Å². The summed E-state index contributed by atoms with van der Waals surface area (Å²) in [5.41, 5.74) is 0.598. The Labute approximate surface area is 93.0 Å². The predicted molar refractivity (Wildman–Crippen MR) is 59.8 cm³/mol. The predicted octanol–water partition coefficient (Wildman–Crippen LogP) is 2.19. The molecule has 0 aliphatic rings. The average Bonchev–Trinajstić information content (AvgIpc) is 2.66. The minimum atomic E-state index is -1.03. The molecule has 0 saturated carbocycles. The third-order valence-electron chi connectivity index (χ3n) is 1.80. The summed E-state index contributed by atoms with van der Waals surface area (Å²) in [6, 6.07) is 0. The third-order valence-corrected chi connectivity index (χ3v) is 2.54. The van der Waals surface area contributed by atoms with Crippen molar-refractivity contribution in [3.63, 3.8) is 0 Å². The van der Waals surface area contributed by atoms with Gasteiger partial charge in [-0.3, -0.25) is 5.41 Å². The minimum Gasteiger partial charge on any atom is -0.493 e. The van der Waals surface area contributed by atoms with Crippen molar-refractivity contribution < 1.29 is 14.6 Å². The van der Waals surface area contributed by atoms with Crippen LogP contribution < -0.4 is 4.74 Å². The van der Waals surface area contributed by atoms with Crippen molar-refractivity contribution >= 4 is 17.2 Å². The summed E-state index contributed by atoms with van der Waals surface area (Å²) in [4.78, 5) is 0. The summed E-state index contributed by atoms with van der Waals surface area (Å²) < 4.78 is 10.3. The van der Waals surface area contributed by atoms with Crippen molar-refractivity contribution in [1.82, 2.24) is 0 Å². The van der Waals surface area contributed by atoms with E-state index in [-0.39, 0.29) is 5.90 Å². The number of hydrogen-bond acceptors (Lipinski definition) is 5. The van der Waals surface area contributed by atoms with E-state index >= 15 is 0 Å². The van der Waals surface area contributed by atoms with Crippen LogP contribution in [0.1, 0.15) is 25.5 Å². The largest absolute Gasteiger partial charge is 0.493 e. The molecule has 0 aliphatic carbocycles. The molecule has 1 atom stereocenters. The Morgan fingerprint density at radius 1 is 1.47 bits per heavy atom. The van der Waals surface area contributed by atoms with E-state index in [1.54, 1.807) is 17.7 Å². The smallest absolute Gasteiger partial charge is 0.215 e. The second-order valence-electron chi connectivity index (χ2n) is 2.82. The van der Waals surface area contributed by atoms with E-state index in [0.717, 1.165) is 0 Å². The number of rotatable bonds is 5. The SMILES string of the molecule is CCOC(=N)C(O)c1cscc1OCC. The molecule has 0 amide bonds. The molecule has 1 rings (SSSR count). The zero-order valence-electron chi connectivity index (χ0n) is 8.82. The summed E-state index contributed by atoms with van der Waals surface area (Å²) in [6.45, 7) is 4.57. The number of aliphatic hydroxyl groups is 1. The zero-order valence-corrected chi connectivity index (χ0v) is 9.63. The third kappa shape index (κ3) is 2.94. The quantitative estimate of drug-likeness (QED) is 0.601. The molecule has 0 radical (unpaired) electrons. The fourth-order valence-corrected chi connectivity index (χ4v) is 1.93. The number of hydrogen-bond donors (Lipinski definition) is 2. The van der Waals surface area contributed by atoms with Gasteiger partial charge in [-0.05, 0) is 13.8 Å². The molecule has 4 nitrogen and oxygen atoms in total. The number of nitrogens with one attached hydrogen (secondary N) is 1. The maximum atomic E-state index is 9.79. The summed E-state index contributed by atoms with van der Waals surface area (Å²) in [5.74, 6) is 0.483. The standard InChI is InChI=1S/C10H15NO3S/c1-3-13-8-6-15-5-7(8)9(12)10(11)14-4-2/h5-6,9,11-12H,3-4H2,1-2H3. The van der Waals surface area contributed by atoms with Gasteiger partial charge in [0.05, 0.1) is 13.2 Å². The summed E-state index contributed by atoms with van der Waals surface area (Å²) in [5, 5.41) is 20.8. The molecule has 1 unspecified atom stereocenters. The summed E-state index contributed by atoms with van der Waals surface area (Å²) in [6.07, 6.45) is -1.03. The van der Waals surface area contributed by atoms with Gasteiger partial charge >= 0.3 is 0 Å². The Morgan fingerprint density at radius 3 is 2.80 bits per heavy atom. The molecule has 5 heteroatoms. The zero-order chi connectivity index (χ0) is 11.3. The normalized spacial score (nSPS) is 12.2. The van der Waals surface area contributed by atoms with E-state index < -0.39 is 6.10 Å². The molecule has 15 heavy (non-hydrogen) atoms. The van der Waals surface area contributed by atoms with Gasteiger partial charge < -0.3 is 14.6 Å². The van der Waals surface area contributed by atoms with Crippen LogP contribution in [0.15, 0.2) is 10.8 Å². The first-order valence-corrected chi connectivity index (χ1v) is 5.73. The van der Waals surface area contributed by atoms with Crippen molar-refractivity contribution in [2.24, 2.45) is 0 Å². The first-order chi connectivity index (χ1) is 7.20. The molecule has 0 aliphatic heterocycles. The van der Waals surface area contributed by atoms with Crippen molar-refractivity contribution in [2.45, 2.75) is 20.0 Å². The Balaban J connectivity index is 2.76. The van der Waals surface area contributed by atoms with E-state index in [2.05, 4.69) is 0 Å².